The second kappa shape index (κ2) is 10.2. The predicted octanol–water partition coefficient (Wildman–Crippen LogP) is 6.04. The number of benzene rings is 2. The summed E-state index contributed by atoms with van der Waals surface area (Å²) in [5.74, 6) is -0.273. The Morgan fingerprint density at radius 1 is 1.12 bits per heavy atom. The molecule has 1 unspecified atom stereocenters. The number of hydrogen-bond donors (Lipinski definition) is 2. The summed E-state index contributed by atoms with van der Waals surface area (Å²) in [7, 11) is 0. The molecule has 0 aliphatic rings. The lowest BCUT2D eigenvalue weighted by molar-refractivity contribution is -0.124. The van der Waals surface area contributed by atoms with E-state index in [1.165, 1.54) is 11.3 Å². The van der Waals surface area contributed by atoms with Gasteiger partial charge in [-0.25, -0.2) is 14.8 Å². The molecular formula is C25H23ClN4O3S. The predicted molar refractivity (Wildman–Crippen MR) is 134 cm³/mol. The second-order valence-electron chi connectivity index (χ2n) is 7.68. The largest absolute Gasteiger partial charge is 0.449 e. The lowest BCUT2D eigenvalue weighted by atomic mass is 10.1. The maximum atomic E-state index is 12.7. The molecule has 0 saturated heterocycles. The van der Waals surface area contributed by atoms with E-state index in [9.17, 15) is 9.59 Å². The van der Waals surface area contributed by atoms with E-state index >= 15 is 0 Å². The molecule has 7 nitrogen and oxygen atoms in total. The van der Waals surface area contributed by atoms with Gasteiger partial charge >= 0.3 is 5.97 Å². The number of rotatable bonds is 7. The molecule has 9 heteroatoms. The van der Waals surface area contributed by atoms with Gasteiger partial charge in [0.2, 0.25) is 0 Å². The third-order valence-electron chi connectivity index (χ3n) is 5.32. The smallest absolute Gasteiger partial charge is 0.338 e. The van der Waals surface area contributed by atoms with Crippen LogP contribution in [0.2, 0.25) is 5.02 Å². The van der Waals surface area contributed by atoms with Gasteiger partial charge in [-0.3, -0.25) is 10.1 Å². The van der Waals surface area contributed by atoms with Crippen molar-refractivity contribution >= 4 is 39.9 Å². The Balaban J connectivity index is 1.40. The summed E-state index contributed by atoms with van der Waals surface area (Å²) in [6, 6.07) is 14.3. The average molecular weight is 495 g/mol. The number of carbonyl (C=O) groups is 2. The molecule has 2 aromatic heterocycles. The fraction of sp³-hybridized carbons (Fsp3) is 0.200. The van der Waals surface area contributed by atoms with Gasteiger partial charge in [-0.2, -0.15) is 0 Å². The van der Waals surface area contributed by atoms with E-state index in [-0.39, 0.29) is 0 Å². The van der Waals surface area contributed by atoms with Crippen molar-refractivity contribution in [3.63, 3.8) is 0 Å². The Kier molecular flexibility index (Phi) is 7.09. The van der Waals surface area contributed by atoms with Crippen LogP contribution >= 0.6 is 22.9 Å². The lowest BCUT2D eigenvalue weighted by Crippen LogP contribution is -2.32. The van der Waals surface area contributed by atoms with E-state index in [4.69, 9.17) is 16.3 Å². The van der Waals surface area contributed by atoms with Crippen LogP contribution in [0.3, 0.4) is 0 Å². The molecule has 2 heterocycles. The zero-order valence-electron chi connectivity index (χ0n) is 18.9. The number of aromatic amines is 1. The standard InChI is InChI=1S/C25H23ClN4O3S/c1-4-21(23(31)30-25-29-20(13-34-25)18-7-5-6-8-19(18)26)33-24(32)17-11-9-16(10-12-17)22-27-14(2)15(3)28-22/h5-13,21H,4H2,1-3H3,(H,27,28)(H,29,30,31). The van der Waals surface area contributed by atoms with Crippen LogP contribution in [0.25, 0.3) is 22.6 Å². The number of anilines is 1. The highest BCUT2D eigenvalue weighted by molar-refractivity contribution is 7.14. The minimum atomic E-state index is -0.949. The van der Waals surface area contributed by atoms with Crippen LogP contribution < -0.4 is 5.32 Å². The van der Waals surface area contributed by atoms with E-state index in [0.717, 1.165) is 28.3 Å². The molecule has 0 saturated carbocycles. The molecule has 0 aliphatic carbocycles. The number of halogens is 1. The maximum Gasteiger partial charge on any atom is 0.338 e. The molecular weight excluding hydrogens is 472 g/mol. The van der Waals surface area contributed by atoms with E-state index in [1.807, 2.05) is 37.4 Å². The zero-order valence-corrected chi connectivity index (χ0v) is 20.5. The molecule has 0 fully saturated rings. The Morgan fingerprint density at radius 3 is 2.50 bits per heavy atom. The number of imidazole rings is 1. The topological polar surface area (TPSA) is 97.0 Å². The molecule has 0 bridgehead atoms. The summed E-state index contributed by atoms with van der Waals surface area (Å²) < 4.78 is 5.48. The average Bonchev–Trinajstić information content (AvgIpc) is 3.43. The van der Waals surface area contributed by atoms with Gasteiger partial charge in [-0.15, -0.1) is 11.3 Å². The molecule has 4 rings (SSSR count). The molecule has 0 aliphatic heterocycles. The van der Waals surface area contributed by atoms with Crippen molar-refractivity contribution in [2.24, 2.45) is 0 Å². The van der Waals surface area contributed by atoms with Crippen molar-refractivity contribution in [2.45, 2.75) is 33.3 Å². The quantitative estimate of drug-likeness (QED) is 0.305. The van der Waals surface area contributed by atoms with Gasteiger partial charge in [0.05, 0.1) is 17.0 Å². The van der Waals surface area contributed by atoms with Crippen molar-refractivity contribution in [1.82, 2.24) is 15.0 Å². The summed E-state index contributed by atoms with van der Waals surface area (Å²) in [5.41, 5.74) is 4.57. The molecule has 1 atom stereocenters. The normalized spacial score (nSPS) is 11.8. The summed E-state index contributed by atoms with van der Waals surface area (Å²) in [6.07, 6.45) is -0.626. The monoisotopic (exact) mass is 494 g/mol. The number of nitrogens with one attached hydrogen (secondary N) is 2. The van der Waals surface area contributed by atoms with E-state index in [2.05, 4.69) is 20.3 Å². The molecule has 1 amide bonds. The molecule has 34 heavy (non-hydrogen) atoms. The van der Waals surface area contributed by atoms with Crippen molar-refractivity contribution in [1.29, 1.82) is 0 Å². The third kappa shape index (κ3) is 5.18. The van der Waals surface area contributed by atoms with Crippen LogP contribution in [0.15, 0.2) is 53.9 Å². The fourth-order valence-corrected chi connectivity index (χ4v) is 4.22. The third-order valence-corrected chi connectivity index (χ3v) is 6.41. The minimum absolute atomic E-state index is 0.323. The number of aryl methyl sites for hydroxylation is 2. The number of thiazole rings is 1. The molecule has 2 aromatic carbocycles. The number of H-pyrrole nitrogens is 1. The molecule has 0 spiro atoms. The van der Waals surface area contributed by atoms with Crippen LogP contribution in [0, 0.1) is 13.8 Å². The molecule has 174 valence electrons. The van der Waals surface area contributed by atoms with Crippen molar-refractivity contribution < 1.29 is 14.3 Å². The Bertz CT molecular complexity index is 1310. The summed E-state index contributed by atoms with van der Waals surface area (Å²) in [4.78, 5) is 37.5. The van der Waals surface area contributed by atoms with Gasteiger partial charge in [0, 0.05) is 27.2 Å². The Labute approximate surface area is 206 Å². The number of hydrogen-bond acceptors (Lipinski definition) is 6. The maximum absolute atomic E-state index is 12.7. The minimum Gasteiger partial charge on any atom is -0.449 e. The van der Waals surface area contributed by atoms with Crippen LogP contribution in [0.5, 0.6) is 0 Å². The highest BCUT2D eigenvalue weighted by Gasteiger charge is 2.23. The van der Waals surface area contributed by atoms with E-state index in [0.29, 0.717) is 27.8 Å². The first-order valence-electron chi connectivity index (χ1n) is 10.7. The molecule has 4 aromatic rings. The molecule has 2 N–H and O–H groups in total. The highest BCUT2D eigenvalue weighted by Crippen LogP contribution is 2.30. The lowest BCUT2D eigenvalue weighted by Gasteiger charge is -2.15. The SMILES string of the molecule is CCC(OC(=O)c1ccc(-c2nc(C)c(C)[nH]2)cc1)C(=O)Nc1nc(-c2ccccc2Cl)cs1. The number of aromatic nitrogens is 3. The fourth-order valence-electron chi connectivity index (χ4n) is 3.28. The first kappa shape index (κ1) is 23.7. The van der Waals surface area contributed by atoms with Crippen molar-refractivity contribution in [3.05, 3.63) is 75.9 Å². The van der Waals surface area contributed by atoms with E-state index in [1.54, 1.807) is 37.3 Å². The first-order valence-corrected chi connectivity index (χ1v) is 12.0. The zero-order chi connectivity index (χ0) is 24.2. The molecule has 0 radical (unpaired) electrons. The Morgan fingerprint density at radius 2 is 1.85 bits per heavy atom. The Hall–Kier alpha value is -3.49. The second-order valence-corrected chi connectivity index (χ2v) is 8.95. The van der Waals surface area contributed by atoms with E-state index < -0.39 is 18.0 Å². The highest BCUT2D eigenvalue weighted by atomic mass is 35.5. The summed E-state index contributed by atoms with van der Waals surface area (Å²) in [5, 5.41) is 5.53. The van der Waals surface area contributed by atoms with Gasteiger partial charge in [-0.1, -0.05) is 48.9 Å². The number of esters is 1. The number of nitrogens with zero attached hydrogens (tertiary/aromatic N) is 2. The van der Waals surface area contributed by atoms with Gasteiger partial charge in [-0.05, 0) is 38.5 Å². The van der Waals surface area contributed by atoms with Crippen LogP contribution in [-0.4, -0.2) is 32.9 Å². The van der Waals surface area contributed by atoms with Gasteiger partial charge in [0.25, 0.3) is 5.91 Å². The van der Waals surface area contributed by atoms with Crippen LogP contribution in [0.1, 0.15) is 35.1 Å². The number of ether oxygens (including phenoxy) is 1. The number of amides is 1. The van der Waals surface area contributed by atoms with Gasteiger partial charge < -0.3 is 9.72 Å². The summed E-state index contributed by atoms with van der Waals surface area (Å²) >= 11 is 7.50. The van der Waals surface area contributed by atoms with Gasteiger partial charge in [0.1, 0.15) is 5.82 Å². The first-order chi connectivity index (χ1) is 16.4. The van der Waals surface area contributed by atoms with Crippen molar-refractivity contribution in [3.8, 4) is 22.6 Å². The number of carbonyl (C=O) groups excluding carboxylic acids is 2. The van der Waals surface area contributed by atoms with Crippen molar-refractivity contribution in [2.75, 3.05) is 5.32 Å². The van der Waals surface area contributed by atoms with Gasteiger partial charge in [0.15, 0.2) is 11.2 Å². The summed E-state index contributed by atoms with van der Waals surface area (Å²) in [6.45, 7) is 5.66. The van der Waals surface area contributed by atoms with Crippen LogP contribution in [0.4, 0.5) is 5.13 Å². The van der Waals surface area contributed by atoms with Crippen LogP contribution in [-0.2, 0) is 9.53 Å².